The minimum absolute atomic E-state index is 0.131. The van der Waals surface area contributed by atoms with Crippen molar-refractivity contribution in [2.45, 2.75) is 12.5 Å². The largest absolute Gasteiger partial charge is 0.497 e. The Kier molecular flexibility index (Phi) is 5.37. The number of aliphatic imine (C=N–C) groups is 1. The molecule has 1 aliphatic heterocycles. The molecule has 0 aromatic heterocycles. The summed E-state index contributed by atoms with van der Waals surface area (Å²) in [5.74, 6) is -0.198. The van der Waals surface area contributed by atoms with Gasteiger partial charge in [-0.25, -0.2) is 0 Å². The summed E-state index contributed by atoms with van der Waals surface area (Å²) < 4.78 is 10.9. The van der Waals surface area contributed by atoms with E-state index in [1.807, 2.05) is 30.3 Å². The molecule has 0 saturated carbocycles. The number of hydrogen-bond acceptors (Lipinski definition) is 5. The van der Waals surface area contributed by atoms with Crippen LogP contribution >= 0.6 is 15.9 Å². The lowest BCUT2D eigenvalue weighted by molar-refractivity contribution is -0.142. The maximum atomic E-state index is 12.5. The van der Waals surface area contributed by atoms with E-state index in [0.717, 1.165) is 15.6 Å². The number of benzene rings is 2. The highest BCUT2D eigenvalue weighted by Crippen LogP contribution is 2.29. The fourth-order valence-corrected chi connectivity index (χ4v) is 2.94. The van der Waals surface area contributed by atoms with Crippen LogP contribution in [0.1, 0.15) is 17.5 Å². The first-order chi connectivity index (χ1) is 12.5. The predicted octanol–water partition coefficient (Wildman–Crippen LogP) is 3.18. The third-order valence-corrected chi connectivity index (χ3v) is 4.56. The summed E-state index contributed by atoms with van der Waals surface area (Å²) in [5, 5.41) is 2.84. The number of ether oxygens (including phenoxy) is 2. The highest BCUT2D eigenvalue weighted by molar-refractivity contribution is 9.10. The number of methoxy groups -OCH3 is 2. The molecule has 1 aliphatic rings. The molecule has 0 unspecified atom stereocenters. The predicted molar refractivity (Wildman–Crippen MR) is 102 cm³/mol. The van der Waals surface area contributed by atoms with Crippen LogP contribution in [0.25, 0.3) is 0 Å². The quantitative estimate of drug-likeness (QED) is 0.776. The number of fused-ring (bicyclic) bond motifs is 1. The van der Waals surface area contributed by atoms with Crippen LogP contribution in [0.3, 0.4) is 0 Å². The van der Waals surface area contributed by atoms with Crippen LogP contribution in [0.2, 0.25) is 0 Å². The van der Waals surface area contributed by atoms with Crippen molar-refractivity contribution in [1.29, 1.82) is 0 Å². The Labute approximate surface area is 159 Å². The zero-order valence-corrected chi connectivity index (χ0v) is 15.9. The molecular weight excluding hydrogens is 400 g/mol. The van der Waals surface area contributed by atoms with Gasteiger partial charge < -0.3 is 14.8 Å². The Morgan fingerprint density at radius 2 is 1.92 bits per heavy atom. The van der Waals surface area contributed by atoms with Crippen molar-refractivity contribution < 1.29 is 19.1 Å². The molecule has 2 aromatic rings. The van der Waals surface area contributed by atoms with Crippen LogP contribution in [-0.2, 0) is 14.3 Å². The fourth-order valence-electron chi connectivity index (χ4n) is 2.67. The molecule has 1 atom stereocenters. The van der Waals surface area contributed by atoms with Gasteiger partial charge in [-0.3, -0.25) is 14.6 Å². The molecule has 0 aliphatic carbocycles. The van der Waals surface area contributed by atoms with Crippen LogP contribution in [-0.4, -0.2) is 37.8 Å². The molecule has 1 amide bonds. The monoisotopic (exact) mass is 416 g/mol. The van der Waals surface area contributed by atoms with E-state index in [-0.39, 0.29) is 12.3 Å². The highest BCUT2D eigenvalue weighted by atomic mass is 79.9. The summed E-state index contributed by atoms with van der Waals surface area (Å²) in [7, 11) is 2.86. The maximum absolute atomic E-state index is 12.5. The lowest BCUT2D eigenvalue weighted by atomic mass is 10.00. The van der Waals surface area contributed by atoms with Crippen LogP contribution in [0.5, 0.6) is 5.75 Å². The van der Waals surface area contributed by atoms with Crippen LogP contribution in [0.4, 0.5) is 5.69 Å². The Morgan fingerprint density at radius 1 is 1.19 bits per heavy atom. The molecule has 3 rings (SSSR count). The van der Waals surface area contributed by atoms with Gasteiger partial charge >= 0.3 is 5.97 Å². The van der Waals surface area contributed by atoms with Gasteiger partial charge in [0.15, 0.2) is 0 Å². The number of rotatable bonds is 4. The Bertz CT molecular complexity index is 878. The number of hydrogen-bond donors (Lipinski definition) is 1. The van der Waals surface area contributed by atoms with Crippen LogP contribution in [0.15, 0.2) is 51.9 Å². The second-order valence-electron chi connectivity index (χ2n) is 5.68. The van der Waals surface area contributed by atoms with Gasteiger partial charge in [0.05, 0.1) is 32.0 Å². The summed E-state index contributed by atoms with van der Waals surface area (Å²) in [6, 6.07) is 12.1. The van der Waals surface area contributed by atoms with Gasteiger partial charge in [-0.1, -0.05) is 28.1 Å². The highest BCUT2D eigenvalue weighted by Gasteiger charge is 2.28. The molecule has 0 spiro atoms. The summed E-state index contributed by atoms with van der Waals surface area (Å²) in [4.78, 5) is 28.8. The first-order valence-corrected chi connectivity index (χ1v) is 8.71. The topological polar surface area (TPSA) is 77.0 Å². The van der Waals surface area contributed by atoms with E-state index in [1.165, 1.54) is 7.11 Å². The van der Waals surface area contributed by atoms with Crippen LogP contribution in [0, 0.1) is 0 Å². The van der Waals surface area contributed by atoms with Crippen molar-refractivity contribution >= 4 is 39.2 Å². The Morgan fingerprint density at radius 3 is 2.58 bits per heavy atom. The van der Waals surface area contributed by atoms with Gasteiger partial charge in [0, 0.05) is 15.6 Å². The molecule has 1 heterocycles. The number of halogens is 1. The third-order valence-electron chi connectivity index (χ3n) is 4.03. The van der Waals surface area contributed by atoms with Crippen molar-refractivity contribution in [2.24, 2.45) is 4.99 Å². The van der Waals surface area contributed by atoms with Crippen molar-refractivity contribution in [1.82, 2.24) is 0 Å². The average molecular weight is 417 g/mol. The van der Waals surface area contributed by atoms with Gasteiger partial charge in [0.1, 0.15) is 11.8 Å². The second-order valence-corrected chi connectivity index (χ2v) is 6.60. The second kappa shape index (κ2) is 7.70. The number of nitrogens with zero attached hydrogens (tertiary/aromatic N) is 1. The number of esters is 1. The van der Waals surface area contributed by atoms with E-state index in [1.54, 1.807) is 19.2 Å². The van der Waals surface area contributed by atoms with E-state index < -0.39 is 12.0 Å². The van der Waals surface area contributed by atoms with Crippen molar-refractivity contribution in [2.75, 3.05) is 19.5 Å². The van der Waals surface area contributed by atoms with E-state index in [4.69, 9.17) is 9.47 Å². The molecule has 0 fully saturated rings. The lowest BCUT2D eigenvalue weighted by Gasteiger charge is -2.11. The van der Waals surface area contributed by atoms with Gasteiger partial charge in [-0.05, 0) is 30.3 Å². The molecule has 0 saturated heterocycles. The Hall–Kier alpha value is -2.67. The minimum Gasteiger partial charge on any atom is -0.497 e. The van der Waals surface area contributed by atoms with Gasteiger partial charge in [0.25, 0.3) is 0 Å². The zero-order valence-electron chi connectivity index (χ0n) is 14.3. The molecule has 6 nitrogen and oxygen atoms in total. The normalized spacial score (nSPS) is 16.0. The number of benzodiazepines with no additional fused rings is 1. The van der Waals surface area contributed by atoms with E-state index in [9.17, 15) is 9.59 Å². The zero-order chi connectivity index (χ0) is 18.7. The average Bonchev–Trinajstić information content (AvgIpc) is 2.78. The van der Waals surface area contributed by atoms with Crippen molar-refractivity contribution in [3.05, 3.63) is 58.1 Å². The maximum Gasteiger partial charge on any atom is 0.308 e. The van der Waals surface area contributed by atoms with Crippen molar-refractivity contribution in [3.63, 3.8) is 0 Å². The molecule has 1 N–H and O–H groups in total. The lowest BCUT2D eigenvalue weighted by Crippen LogP contribution is -2.28. The number of carbonyl (C=O) groups excluding carboxylic acids is 2. The standard InChI is InChI=1S/C19H17BrN2O4/c1-25-13-7-8-15-14(9-13)18(11-3-5-12(20)6-4-11)21-16(19(24)22-15)10-17(23)26-2/h3-9,16H,10H2,1-2H3,(H,22,24)/t16-/m0/s1. The number of carbonyl (C=O) groups is 2. The van der Waals surface area contributed by atoms with Gasteiger partial charge in [-0.2, -0.15) is 0 Å². The fraction of sp³-hybridized carbons (Fsp3) is 0.211. The summed E-state index contributed by atoms with van der Waals surface area (Å²) in [6.45, 7) is 0. The van der Waals surface area contributed by atoms with Crippen LogP contribution < -0.4 is 10.1 Å². The number of nitrogens with one attached hydrogen (secondary N) is 1. The molecule has 0 radical (unpaired) electrons. The minimum atomic E-state index is -0.875. The van der Waals surface area contributed by atoms with Crippen molar-refractivity contribution in [3.8, 4) is 5.75 Å². The van der Waals surface area contributed by atoms with E-state index in [0.29, 0.717) is 17.1 Å². The summed E-state index contributed by atoms with van der Waals surface area (Å²) in [6.07, 6.45) is -0.131. The third kappa shape index (κ3) is 3.77. The van der Waals surface area contributed by atoms with Gasteiger partial charge in [0.2, 0.25) is 5.91 Å². The molecule has 26 heavy (non-hydrogen) atoms. The molecule has 7 heteroatoms. The molecule has 134 valence electrons. The Balaban J connectivity index is 2.15. The molecular formula is C19H17BrN2O4. The number of anilines is 1. The van der Waals surface area contributed by atoms with E-state index in [2.05, 4.69) is 26.2 Å². The molecule has 0 bridgehead atoms. The molecule has 2 aromatic carbocycles. The van der Waals surface area contributed by atoms with Gasteiger partial charge in [-0.15, -0.1) is 0 Å². The smallest absolute Gasteiger partial charge is 0.308 e. The van der Waals surface area contributed by atoms with E-state index >= 15 is 0 Å². The first kappa shape index (κ1) is 18.1. The summed E-state index contributed by atoms with van der Waals surface area (Å²) in [5.41, 5.74) is 2.78. The summed E-state index contributed by atoms with van der Waals surface area (Å²) >= 11 is 3.42. The SMILES string of the molecule is COC(=O)C[C@@H]1N=C(c2ccc(Br)cc2)c2cc(OC)ccc2NC1=O. The first-order valence-electron chi connectivity index (χ1n) is 7.91. The number of amides is 1.